The molecule has 6 nitrogen and oxygen atoms in total. The summed E-state index contributed by atoms with van der Waals surface area (Å²) in [6, 6.07) is 7.20. The fourth-order valence-electron chi connectivity index (χ4n) is 1.85. The molecule has 1 aromatic rings. The molecular formula is C15H18O6. The highest BCUT2D eigenvalue weighted by Gasteiger charge is 2.45. The van der Waals surface area contributed by atoms with Crippen LogP contribution in [-0.2, 0) is 40.3 Å². The number of fused-ring (bicyclic) bond motifs is 5. The van der Waals surface area contributed by atoms with Gasteiger partial charge in [0.05, 0.1) is 0 Å². The SMILES string of the molecule is CCC(=O)OOC(=O)C1(C)OOC(C)(C)c2ccc1cc2. The van der Waals surface area contributed by atoms with Crippen LogP contribution in [0.1, 0.15) is 45.2 Å². The first-order valence-electron chi connectivity index (χ1n) is 6.69. The summed E-state index contributed by atoms with van der Waals surface area (Å²) in [5.41, 5.74) is -0.788. The van der Waals surface area contributed by atoms with Crippen molar-refractivity contribution in [1.82, 2.24) is 0 Å². The smallest absolute Gasteiger partial charge is 0.247 e. The Hall–Kier alpha value is -1.92. The van der Waals surface area contributed by atoms with E-state index in [4.69, 9.17) is 9.78 Å². The molecule has 0 aliphatic carbocycles. The van der Waals surface area contributed by atoms with Crippen molar-refractivity contribution in [3.05, 3.63) is 35.4 Å². The zero-order chi connectivity index (χ0) is 15.7. The van der Waals surface area contributed by atoms with Crippen LogP contribution in [0.5, 0.6) is 0 Å². The number of hydrogen-bond acceptors (Lipinski definition) is 6. The van der Waals surface area contributed by atoms with Crippen LogP contribution in [0.2, 0.25) is 0 Å². The standard InChI is InChI=1S/C15H18O6/c1-5-12(16)18-19-13(17)15(4)11-8-6-10(7-9-11)14(2,3)20-21-15/h6-9H,5H2,1-4H3. The molecule has 0 fully saturated rings. The monoisotopic (exact) mass is 294 g/mol. The van der Waals surface area contributed by atoms with Crippen molar-refractivity contribution in [2.24, 2.45) is 0 Å². The summed E-state index contributed by atoms with van der Waals surface area (Å²) < 4.78 is 0. The number of benzene rings is 1. The highest BCUT2D eigenvalue weighted by atomic mass is 17.2. The summed E-state index contributed by atoms with van der Waals surface area (Å²) in [5, 5.41) is 0. The zero-order valence-electron chi connectivity index (χ0n) is 12.5. The van der Waals surface area contributed by atoms with E-state index in [0.717, 1.165) is 5.56 Å². The summed E-state index contributed by atoms with van der Waals surface area (Å²) in [6.45, 7) is 6.71. The molecule has 6 heteroatoms. The predicted octanol–water partition coefficient (Wildman–Crippen LogP) is 2.51. The van der Waals surface area contributed by atoms with E-state index in [0.29, 0.717) is 5.56 Å². The van der Waals surface area contributed by atoms with Crippen LogP contribution in [-0.4, -0.2) is 11.9 Å². The Morgan fingerprint density at radius 1 is 1.00 bits per heavy atom. The molecule has 114 valence electrons. The molecule has 2 aliphatic rings. The van der Waals surface area contributed by atoms with E-state index >= 15 is 0 Å². The first kappa shape index (κ1) is 15.5. The van der Waals surface area contributed by atoms with Gasteiger partial charge < -0.3 is 0 Å². The minimum Gasteiger partial charge on any atom is -0.247 e. The van der Waals surface area contributed by atoms with E-state index in [1.165, 1.54) is 6.92 Å². The second kappa shape index (κ2) is 5.46. The van der Waals surface area contributed by atoms with Crippen molar-refractivity contribution in [2.45, 2.75) is 45.3 Å². The van der Waals surface area contributed by atoms with Crippen molar-refractivity contribution in [3.8, 4) is 0 Å². The second-order valence-electron chi connectivity index (χ2n) is 5.47. The van der Waals surface area contributed by atoms with Crippen LogP contribution in [0.25, 0.3) is 0 Å². The van der Waals surface area contributed by atoms with E-state index < -0.39 is 23.1 Å². The van der Waals surface area contributed by atoms with E-state index in [9.17, 15) is 9.59 Å². The molecule has 21 heavy (non-hydrogen) atoms. The molecule has 0 spiro atoms. The number of carbonyl (C=O) groups excluding carboxylic acids is 2. The average molecular weight is 294 g/mol. The maximum absolute atomic E-state index is 12.2. The lowest BCUT2D eigenvalue weighted by molar-refractivity contribution is -0.413. The van der Waals surface area contributed by atoms with Crippen LogP contribution >= 0.6 is 0 Å². The lowest BCUT2D eigenvalue weighted by atomic mass is 9.90. The molecule has 0 aromatic heterocycles. The topological polar surface area (TPSA) is 71.1 Å². The molecule has 1 unspecified atom stereocenters. The molecule has 0 radical (unpaired) electrons. The molecule has 0 amide bonds. The molecule has 2 heterocycles. The molecule has 0 saturated heterocycles. The van der Waals surface area contributed by atoms with Crippen LogP contribution in [0.15, 0.2) is 24.3 Å². The van der Waals surface area contributed by atoms with Gasteiger partial charge in [0.2, 0.25) is 5.60 Å². The number of carbonyl (C=O) groups is 2. The highest BCUT2D eigenvalue weighted by Crippen LogP contribution is 2.36. The fraction of sp³-hybridized carbons (Fsp3) is 0.467. The Balaban J connectivity index is 2.26. The van der Waals surface area contributed by atoms with Crippen molar-refractivity contribution >= 4 is 11.9 Å². The third-order valence-corrected chi connectivity index (χ3v) is 3.44. The molecule has 1 atom stereocenters. The van der Waals surface area contributed by atoms with E-state index in [-0.39, 0.29) is 6.42 Å². The van der Waals surface area contributed by atoms with Crippen molar-refractivity contribution in [1.29, 1.82) is 0 Å². The molecule has 2 aliphatic heterocycles. The van der Waals surface area contributed by atoms with Crippen LogP contribution < -0.4 is 0 Å². The molecule has 0 N–H and O–H groups in total. The minimum atomic E-state index is -1.52. The van der Waals surface area contributed by atoms with Gasteiger partial charge in [-0.05, 0) is 31.9 Å². The summed E-state index contributed by atoms with van der Waals surface area (Å²) >= 11 is 0. The van der Waals surface area contributed by atoms with Crippen molar-refractivity contribution < 1.29 is 29.1 Å². The fourth-order valence-corrected chi connectivity index (χ4v) is 1.85. The minimum absolute atomic E-state index is 0.100. The van der Waals surface area contributed by atoms with E-state index in [2.05, 4.69) is 9.78 Å². The summed E-state index contributed by atoms with van der Waals surface area (Å²) in [4.78, 5) is 42.9. The zero-order valence-corrected chi connectivity index (χ0v) is 12.5. The summed E-state index contributed by atoms with van der Waals surface area (Å²) in [7, 11) is 0. The molecular weight excluding hydrogens is 276 g/mol. The summed E-state index contributed by atoms with van der Waals surface area (Å²) in [5.74, 6) is -1.51. The van der Waals surface area contributed by atoms with Crippen molar-refractivity contribution in [2.75, 3.05) is 0 Å². The van der Waals surface area contributed by atoms with Gasteiger partial charge in [-0.15, -0.1) is 0 Å². The molecule has 2 bridgehead atoms. The molecule has 3 rings (SSSR count). The van der Waals surface area contributed by atoms with E-state index in [1.54, 1.807) is 19.1 Å². The normalized spacial score (nSPS) is 23.0. The van der Waals surface area contributed by atoms with Gasteiger partial charge in [-0.25, -0.2) is 29.1 Å². The van der Waals surface area contributed by atoms with Gasteiger partial charge in [-0.1, -0.05) is 31.2 Å². The largest absolute Gasteiger partial charge is 0.394 e. The third-order valence-electron chi connectivity index (χ3n) is 3.44. The Morgan fingerprint density at radius 2 is 1.57 bits per heavy atom. The maximum Gasteiger partial charge on any atom is 0.394 e. The summed E-state index contributed by atoms with van der Waals surface area (Å²) in [6.07, 6.45) is 0.100. The van der Waals surface area contributed by atoms with Gasteiger partial charge >= 0.3 is 11.9 Å². The van der Waals surface area contributed by atoms with Gasteiger partial charge in [-0.2, -0.15) is 0 Å². The third kappa shape index (κ3) is 2.91. The predicted molar refractivity (Wildman–Crippen MR) is 71.5 cm³/mol. The number of rotatable bonds is 2. The average Bonchev–Trinajstić information content (AvgIpc) is 2.49. The maximum atomic E-state index is 12.2. The van der Waals surface area contributed by atoms with E-state index in [1.807, 2.05) is 26.0 Å². The highest BCUT2D eigenvalue weighted by molar-refractivity contribution is 5.81. The first-order valence-corrected chi connectivity index (χ1v) is 6.69. The molecule has 1 aromatic carbocycles. The van der Waals surface area contributed by atoms with Gasteiger partial charge in [0, 0.05) is 6.42 Å². The van der Waals surface area contributed by atoms with Gasteiger partial charge in [0.25, 0.3) is 0 Å². The Bertz CT molecular complexity index is 548. The van der Waals surface area contributed by atoms with Gasteiger partial charge in [-0.3, -0.25) is 0 Å². The Morgan fingerprint density at radius 3 is 2.14 bits per heavy atom. The quantitative estimate of drug-likeness (QED) is 0.616. The molecule has 0 saturated carbocycles. The second-order valence-corrected chi connectivity index (χ2v) is 5.47. The van der Waals surface area contributed by atoms with Crippen molar-refractivity contribution in [3.63, 3.8) is 0 Å². The van der Waals surface area contributed by atoms with Gasteiger partial charge in [0.15, 0.2) is 0 Å². The van der Waals surface area contributed by atoms with Crippen LogP contribution in [0.3, 0.4) is 0 Å². The van der Waals surface area contributed by atoms with Crippen LogP contribution in [0.4, 0.5) is 0 Å². The lowest BCUT2D eigenvalue weighted by Crippen LogP contribution is -2.41. The first-order chi connectivity index (χ1) is 9.79. The van der Waals surface area contributed by atoms with Gasteiger partial charge in [0.1, 0.15) is 5.60 Å². The number of hydrogen-bond donors (Lipinski definition) is 0. The Labute approximate surface area is 122 Å². The van der Waals surface area contributed by atoms with Crippen LogP contribution in [0, 0.1) is 0 Å². The Kier molecular flexibility index (Phi) is 4.02. The lowest BCUT2D eigenvalue weighted by Gasteiger charge is -2.34.